The molecule has 2 aromatic carbocycles. The van der Waals surface area contributed by atoms with E-state index in [1.54, 1.807) is 0 Å². The molecule has 0 fully saturated rings. The van der Waals surface area contributed by atoms with Gasteiger partial charge in [0.2, 0.25) is 0 Å². The number of nitrogens with two attached hydrogens (primary N) is 1. The van der Waals surface area contributed by atoms with E-state index in [1.165, 1.54) is 5.56 Å². The average molecular weight is 263 g/mol. The standard InChI is InChI=1S/C17H17N3/c1-3-12-7-9-13(10-8-12)17-19-14-6-4-5-11(2)15(14)16(18)20-17/h4-10H,3H2,1-2H3,(H2,18,19,20). The van der Waals surface area contributed by atoms with Crippen molar-refractivity contribution < 1.29 is 0 Å². The van der Waals surface area contributed by atoms with Crippen molar-refractivity contribution in [3.05, 3.63) is 53.6 Å². The van der Waals surface area contributed by atoms with Crippen LogP contribution in [0.25, 0.3) is 22.3 Å². The van der Waals surface area contributed by atoms with Crippen molar-refractivity contribution in [1.82, 2.24) is 9.97 Å². The predicted molar refractivity (Wildman–Crippen MR) is 83.5 cm³/mol. The second-order valence-electron chi connectivity index (χ2n) is 4.95. The van der Waals surface area contributed by atoms with Gasteiger partial charge in [0.1, 0.15) is 5.82 Å². The molecule has 3 rings (SSSR count). The molecule has 3 aromatic rings. The fourth-order valence-corrected chi connectivity index (χ4v) is 2.41. The van der Waals surface area contributed by atoms with Crippen LogP contribution in [-0.2, 0) is 6.42 Å². The summed E-state index contributed by atoms with van der Waals surface area (Å²) >= 11 is 0. The minimum atomic E-state index is 0.544. The van der Waals surface area contributed by atoms with E-state index in [2.05, 4.69) is 41.2 Å². The molecule has 0 aliphatic heterocycles. The van der Waals surface area contributed by atoms with Crippen LogP contribution in [0.1, 0.15) is 18.1 Å². The summed E-state index contributed by atoms with van der Waals surface area (Å²) in [4.78, 5) is 9.09. The van der Waals surface area contributed by atoms with E-state index in [0.29, 0.717) is 11.6 Å². The smallest absolute Gasteiger partial charge is 0.162 e. The molecule has 100 valence electrons. The van der Waals surface area contributed by atoms with Gasteiger partial charge >= 0.3 is 0 Å². The zero-order valence-electron chi connectivity index (χ0n) is 11.7. The highest BCUT2D eigenvalue weighted by atomic mass is 14.9. The first-order valence-corrected chi connectivity index (χ1v) is 6.81. The van der Waals surface area contributed by atoms with Crippen LogP contribution >= 0.6 is 0 Å². The van der Waals surface area contributed by atoms with Crippen LogP contribution in [0.3, 0.4) is 0 Å². The second kappa shape index (κ2) is 4.93. The molecule has 1 heterocycles. The number of aromatic nitrogens is 2. The number of aryl methyl sites for hydroxylation is 2. The molecule has 0 saturated heterocycles. The number of hydrogen-bond donors (Lipinski definition) is 1. The molecule has 0 aliphatic carbocycles. The molecular weight excluding hydrogens is 246 g/mol. The lowest BCUT2D eigenvalue weighted by Crippen LogP contribution is -1.99. The molecule has 0 bridgehead atoms. The van der Waals surface area contributed by atoms with E-state index in [4.69, 9.17) is 5.73 Å². The van der Waals surface area contributed by atoms with Crippen LogP contribution in [0.2, 0.25) is 0 Å². The highest BCUT2D eigenvalue weighted by Crippen LogP contribution is 2.25. The Kier molecular flexibility index (Phi) is 3.11. The van der Waals surface area contributed by atoms with Crippen LogP contribution in [-0.4, -0.2) is 9.97 Å². The molecule has 20 heavy (non-hydrogen) atoms. The summed E-state index contributed by atoms with van der Waals surface area (Å²) in [7, 11) is 0. The lowest BCUT2D eigenvalue weighted by atomic mass is 10.1. The third-order valence-corrected chi connectivity index (χ3v) is 3.58. The van der Waals surface area contributed by atoms with Gasteiger partial charge in [-0.15, -0.1) is 0 Å². The van der Waals surface area contributed by atoms with Crippen LogP contribution in [0.5, 0.6) is 0 Å². The highest BCUT2D eigenvalue weighted by Gasteiger charge is 2.08. The van der Waals surface area contributed by atoms with Crippen molar-refractivity contribution in [3.8, 4) is 11.4 Å². The van der Waals surface area contributed by atoms with E-state index in [-0.39, 0.29) is 0 Å². The minimum Gasteiger partial charge on any atom is -0.383 e. The summed E-state index contributed by atoms with van der Waals surface area (Å²) in [6.07, 6.45) is 1.03. The van der Waals surface area contributed by atoms with Crippen LogP contribution in [0.15, 0.2) is 42.5 Å². The molecular formula is C17H17N3. The topological polar surface area (TPSA) is 51.8 Å². The van der Waals surface area contributed by atoms with Crippen LogP contribution < -0.4 is 5.73 Å². The Labute approximate surface area is 118 Å². The molecule has 2 N–H and O–H groups in total. The first kappa shape index (κ1) is 12.6. The number of nitrogens with zero attached hydrogens (tertiary/aromatic N) is 2. The number of benzene rings is 2. The molecule has 0 radical (unpaired) electrons. The van der Waals surface area contributed by atoms with Gasteiger partial charge in [0, 0.05) is 10.9 Å². The fraction of sp³-hybridized carbons (Fsp3) is 0.176. The third kappa shape index (κ3) is 2.11. The Morgan fingerprint density at radius 1 is 1.00 bits per heavy atom. The van der Waals surface area contributed by atoms with E-state index < -0.39 is 0 Å². The highest BCUT2D eigenvalue weighted by molar-refractivity contribution is 5.92. The van der Waals surface area contributed by atoms with Gasteiger partial charge in [-0.2, -0.15) is 0 Å². The molecule has 0 spiro atoms. The monoisotopic (exact) mass is 263 g/mol. The zero-order chi connectivity index (χ0) is 14.1. The van der Waals surface area contributed by atoms with Crippen molar-refractivity contribution in [2.75, 3.05) is 5.73 Å². The summed E-state index contributed by atoms with van der Waals surface area (Å²) in [5, 5.41) is 0.946. The molecule has 0 saturated carbocycles. The maximum Gasteiger partial charge on any atom is 0.162 e. The van der Waals surface area contributed by atoms with Gasteiger partial charge < -0.3 is 5.73 Å². The normalized spacial score (nSPS) is 10.9. The largest absolute Gasteiger partial charge is 0.383 e. The number of fused-ring (bicyclic) bond motifs is 1. The minimum absolute atomic E-state index is 0.544. The van der Waals surface area contributed by atoms with Crippen molar-refractivity contribution in [1.29, 1.82) is 0 Å². The maximum atomic E-state index is 6.10. The van der Waals surface area contributed by atoms with E-state index in [0.717, 1.165) is 28.5 Å². The molecule has 3 nitrogen and oxygen atoms in total. The molecule has 0 unspecified atom stereocenters. The van der Waals surface area contributed by atoms with E-state index in [9.17, 15) is 0 Å². The summed E-state index contributed by atoms with van der Waals surface area (Å²) in [5.41, 5.74) is 10.4. The summed E-state index contributed by atoms with van der Waals surface area (Å²) in [6, 6.07) is 14.3. The number of hydrogen-bond acceptors (Lipinski definition) is 3. The maximum absolute atomic E-state index is 6.10. The zero-order valence-corrected chi connectivity index (χ0v) is 11.7. The lowest BCUT2D eigenvalue weighted by Gasteiger charge is -2.08. The molecule has 0 amide bonds. The Bertz CT molecular complexity index is 761. The number of rotatable bonds is 2. The molecule has 3 heteroatoms. The number of anilines is 1. The van der Waals surface area contributed by atoms with Gasteiger partial charge in [0.25, 0.3) is 0 Å². The summed E-state index contributed by atoms with van der Waals surface area (Å²) in [6.45, 7) is 4.17. The average Bonchev–Trinajstić information content (AvgIpc) is 2.47. The Hall–Kier alpha value is -2.42. The molecule has 1 aromatic heterocycles. The van der Waals surface area contributed by atoms with Crippen LogP contribution in [0.4, 0.5) is 5.82 Å². The van der Waals surface area contributed by atoms with Gasteiger partial charge in [0.05, 0.1) is 5.52 Å². The molecule has 0 atom stereocenters. The van der Waals surface area contributed by atoms with Gasteiger partial charge in [-0.3, -0.25) is 0 Å². The van der Waals surface area contributed by atoms with Gasteiger partial charge in [0.15, 0.2) is 5.82 Å². The van der Waals surface area contributed by atoms with Gasteiger partial charge in [-0.1, -0.05) is 43.3 Å². The Morgan fingerprint density at radius 2 is 1.75 bits per heavy atom. The lowest BCUT2D eigenvalue weighted by molar-refractivity contribution is 1.14. The second-order valence-corrected chi connectivity index (χ2v) is 4.95. The van der Waals surface area contributed by atoms with Crippen molar-refractivity contribution in [3.63, 3.8) is 0 Å². The first-order chi connectivity index (χ1) is 9.69. The quantitative estimate of drug-likeness (QED) is 0.766. The number of nitrogen functional groups attached to an aromatic ring is 1. The summed E-state index contributed by atoms with van der Waals surface area (Å²) in [5.74, 6) is 1.23. The van der Waals surface area contributed by atoms with Crippen LogP contribution in [0, 0.1) is 6.92 Å². The van der Waals surface area contributed by atoms with E-state index in [1.807, 2.05) is 25.1 Å². The Balaban J connectivity index is 2.17. The van der Waals surface area contributed by atoms with Crippen molar-refractivity contribution >= 4 is 16.7 Å². The summed E-state index contributed by atoms with van der Waals surface area (Å²) < 4.78 is 0. The van der Waals surface area contributed by atoms with Gasteiger partial charge in [-0.25, -0.2) is 9.97 Å². The Morgan fingerprint density at radius 3 is 2.45 bits per heavy atom. The van der Waals surface area contributed by atoms with Crippen molar-refractivity contribution in [2.24, 2.45) is 0 Å². The van der Waals surface area contributed by atoms with Crippen molar-refractivity contribution in [2.45, 2.75) is 20.3 Å². The molecule has 0 aliphatic rings. The fourth-order valence-electron chi connectivity index (χ4n) is 2.41. The third-order valence-electron chi connectivity index (χ3n) is 3.58. The SMILES string of the molecule is CCc1ccc(-c2nc(N)c3c(C)cccc3n2)cc1. The first-order valence-electron chi connectivity index (χ1n) is 6.81. The predicted octanol–water partition coefficient (Wildman–Crippen LogP) is 3.75. The van der Waals surface area contributed by atoms with Gasteiger partial charge in [-0.05, 0) is 30.5 Å². The van der Waals surface area contributed by atoms with E-state index >= 15 is 0 Å².